The lowest BCUT2D eigenvalue weighted by atomic mass is 9.95. The number of anilines is 3. The summed E-state index contributed by atoms with van der Waals surface area (Å²) in [6.07, 6.45) is 0. The van der Waals surface area contributed by atoms with E-state index in [2.05, 4.69) is 252 Å². The van der Waals surface area contributed by atoms with E-state index in [1.165, 1.54) is 91.3 Å². The lowest BCUT2D eigenvalue weighted by molar-refractivity contribution is 1.18. The first-order valence-corrected chi connectivity index (χ1v) is 23.1. The molecule has 2 heterocycles. The van der Waals surface area contributed by atoms with Crippen molar-refractivity contribution in [1.82, 2.24) is 4.57 Å². The maximum Gasteiger partial charge on any atom is 0.0541 e. The van der Waals surface area contributed by atoms with E-state index in [0.717, 1.165) is 28.3 Å². The molecule has 2 aromatic heterocycles. The highest BCUT2D eigenvalue weighted by atomic mass is 32.1. The van der Waals surface area contributed by atoms with Crippen molar-refractivity contribution < 1.29 is 0 Å². The summed E-state index contributed by atoms with van der Waals surface area (Å²) in [7, 11) is 0. The van der Waals surface area contributed by atoms with Crippen LogP contribution in [0.3, 0.4) is 0 Å². The monoisotopic (exact) mass is 844 g/mol. The molecule has 0 N–H and O–H groups in total. The first-order chi connectivity index (χ1) is 32.3. The van der Waals surface area contributed by atoms with E-state index in [-0.39, 0.29) is 0 Å². The number of fused-ring (bicyclic) bond motifs is 9. The van der Waals surface area contributed by atoms with Gasteiger partial charge in [0.05, 0.1) is 22.4 Å². The first kappa shape index (κ1) is 37.3. The van der Waals surface area contributed by atoms with Crippen molar-refractivity contribution in [3.8, 4) is 39.1 Å². The van der Waals surface area contributed by atoms with Gasteiger partial charge in [-0.25, -0.2) is 0 Å². The van der Waals surface area contributed by atoms with Crippen molar-refractivity contribution >= 4 is 91.9 Å². The number of hydrogen-bond acceptors (Lipinski definition) is 2. The maximum atomic E-state index is 2.43. The van der Waals surface area contributed by atoms with Gasteiger partial charge >= 0.3 is 0 Å². The normalized spacial score (nSPS) is 11.7. The van der Waals surface area contributed by atoms with E-state index in [1.807, 2.05) is 11.3 Å². The van der Waals surface area contributed by atoms with Crippen molar-refractivity contribution in [2.45, 2.75) is 0 Å². The molecule has 0 aliphatic carbocycles. The Morgan fingerprint density at radius 2 is 0.769 bits per heavy atom. The highest BCUT2D eigenvalue weighted by molar-refractivity contribution is 7.27. The second kappa shape index (κ2) is 15.2. The van der Waals surface area contributed by atoms with Crippen LogP contribution in [0.25, 0.3) is 103 Å². The zero-order valence-corrected chi connectivity index (χ0v) is 36.2. The maximum absolute atomic E-state index is 2.43. The van der Waals surface area contributed by atoms with Crippen LogP contribution in [0.2, 0.25) is 0 Å². The van der Waals surface area contributed by atoms with Gasteiger partial charge in [-0.15, -0.1) is 11.3 Å². The third kappa shape index (κ3) is 6.08. The van der Waals surface area contributed by atoms with Gasteiger partial charge < -0.3 is 9.47 Å². The minimum absolute atomic E-state index is 1.09. The molecule has 0 bridgehead atoms. The molecule has 0 aliphatic rings. The zero-order chi connectivity index (χ0) is 42.8. The van der Waals surface area contributed by atoms with Gasteiger partial charge in [-0.3, -0.25) is 0 Å². The van der Waals surface area contributed by atoms with Crippen LogP contribution in [0, 0.1) is 0 Å². The van der Waals surface area contributed by atoms with Crippen LogP contribution >= 0.6 is 11.3 Å². The van der Waals surface area contributed by atoms with E-state index >= 15 is 0 Å². The Hall–Kier alpha value is -8.24. The zero-order valence-electron chi connectivity index (χ0n) is 35.4. The fourth-order valence-electron chi connectivity index (χ4n) is 10.2. The highest BCUT2D eigenvalue weighted by Gasteiger charge is 2.21. The lowest BCUT2D eigenvalue weighted by Crippen LogP contribution is -2.11. The molecule has 0 radical (unpaired) electrons. The van der Waals surface area contributed by atoms with E-state index in [1.54, 1.807) is 0 Å². The molecule has 0 fully saturated rings. The van der Waals surface area contributed by atoms with Crippen LogP contribution in [0.5, 0.6) is 0 Å². The number of para-hydroxylation sites is 4. The van der Waals surface area contributed by atoms with Gasteiger partial charge in [0, 0.05) is 53.4 Å². The molecule has 0 saturated heterocycles. The second-order valence-corrected chi connectivity index (χ2v) is 17.8. The number of aromatic nitrogens is 1. The largest absolute Gasteiger partial charge is 0.310 e. The summed E-state index contributed by atoms with van der Waals surface area (Å²) >= 11 is 1.91. The van der Waals surface area contributed by atoms with Gasteiger partial charge in [0.2, 0.25) is 0 Å². The number of rotatable bonds is 7. The molecule has 65 heavy (non-hydrogen) atoms. The van der Waals surface area contributed by atoms with E-state index in [4.69, 9.17) is 0 Å². The highest BCUT2D eigenvalue weighted by Crippen LogP contribution is 2.46. The van der Waals surface area contributed by atoms with E-state index < -0.39 is 0 Å². The quantitative estimate of drug-likeness (QED) is 0.155. The van der Waals surface area contributed by atoms with E-state index in [0.29, 0.717) is 0 Å². The molecule has 0 spiro atoms. The summed E-state index contributed by atoms with van der Waals surface area (Å²) in [6, 6.07) is 88.8. The summed E-state index contributed by atoms with van der Waals surface area (Å²) in [5, 5.41) is 10.2. The average Bonchev–Trinajstić information content (AvgIpc) is 3.93. The minimum atomic E-state index is 1.09. The molecule has 2 nitrogen and oxygen atoms in total. The molecule has 304 valence electrons. The molecule has 3 heteroatoms. The average molecular weight is 845 g/mol. The fourth-order valence-corrected chi connectivity index (χ4v) is 11.6. The van der Waals surface area contributed by atoms with Crippen molar-refractivity contribution in [2.75, 3.05) is 4.90 Å². The Bertz CT molecular complexity index is 3890. The Kier molecular flexibility index (Phi) is 8.75. The molecule has 0 atom stereocenters. The molecule has 0 unspecified atom stereocenters. The predicted octanol–water partition coefficient (Wildman–Crippen LogP) is 17.9. The van der Waals surface area contributed by atoms with Gasteiger partial charge in [0.15, 0.2) is 0 Å². The van der Waals surface area contributed by atoms with Gasteiger partial charge in [0.25, 0.3) is 0 Å². The fraction of sp³-hybridized carbons (Fsp3) is 0. The molecule has 13 rings (SSSR count). The standard InChI is InChI=1S/C62H40N2S/c1-3-18-47-41(15-1)17-13-25-51(47)52-21-6-10-28-58(52)63(46-38-33-44(34-39-46)50-24-14-26-55-56-40-35-42-16-2-4-20-49(42)62(56)65-61(50)55)45-36-31-43(32-37-45)48-19-5-9-27-57(48)64-59-29-11-7-22-53(59)54-23-8-12-30-60(54)64/h1-40H. The summed E-state index contributed by atoms with van der Waals surface area (Å²) in [5.74, 6) is 0. The van der Waals surface area contributed by atoms with Crippen LogP contribution in [0.1, 0.15) is 0 Å². The summed E-state index contributed by atoms with van der Waals surface area (Å²) in [6.45, 7) is 0. The molecule has 0 amide bonds. The Labute approximate surface area is 381 Å². The van der Waals surface area contributed by atoms with Crippen molar-refractivity contribution in [1.29, 1.82) is 0 Å². The van der Waals surface area contributed by atoms with Gasteiger partial charge in [0.1, 0.15) is 0 Å². The first-order valence-electron chi connectivity index (χ1n) is 22.3. The third-order valence-corrected chi connectivity index (χ3v) is 14.5. The summed E-state index contributed by atoms with van der Waals surface area (Å²) in [5.41, 5.74) is 14.1. The van der Waals surface area contributed by atoms with Crippen molar-refractivity contribution in [3.05, 3.63) is 243 Å². The molecule has 11 aromatic carbocycles. The number of hydrogen-bond donors (Lipinski definition) is 0. The van der Waals surface area contributed by atoms with Gasteiger partial charge in [-0.1, -0.05) is 194 Å². The molecule has 13 aromatic rings. The Morgan fingerprint density at radius 3 is 1.49 bits per heavy atom. The van der Waals surface area contributed by atoms with Crippen molar-refractivity contribution in [2.24, 2.45) is 0 Å². The number of thiophene rings is 1. The van der Waals surface area contributed by atoms with E-state index in [9.17, 15) is 0 Å². The summed E-state index contributed by atoms with van der Waals surface area (Å²) < 4.78 is 5.09. The minimum Gasteiger partial charge on any atom is -0.310 e. The van der Waals surface area contributed by atoms with Crippen LogP contribution in [-0.2, 0) is 0 Å². The molecule has 0 saturated carbocycles. The lowest BCUT2D eigenvalue weighted by Gasteiger charge is -2.28. The molecular formula is C62H40N2S. The van der Waals surface area contributed by atoms with Crippen LogP contribution in [0.15, 0.2) is 243 Å². The second-order valence-electron chi connectivity index (χ2n) is 16.8. The van der Waals surface area contributed by atoms with Crippen LogP contribution in [-0.4, -0.2) is 4.57 Å². The SMILES string of the molecule is c1ccc(N(c2ccc(-c3ccccc3-n3c4ccccc4c4ccccc43)cc2)c2ccc(-c3cccc4c3sc3c5ccccc5ccc43)cc2)c(-c2cccc3ccccc23)c1. The topological polar surface area (TPSA) is 8.17 Å². The van der Waals surface area contributed by atoms with Crippen LogP contribution < -0.4 is 4.90 Å². The van der Waals surface area contributed by atoms with Crippen molar-refractivity contribution in [3.63, 3.8) is 0 Å². The predicted molar refractivity (Wildman–Crippen MR) is 280 cm³/mol. The Morgan fingerprint density at radius 1 is 0.292 bits per heavy atom. The molecular weight excluding hydrogens is 805 g/mol. The molecule has 0 aliphatic heterocycles. The number of nitrogens with zero attached hydrogens (tertiary/aromatic N) is 2. The van der Waals surface area contributed by atoms with Crippen LogP contribution in [0.4, 0.5) is 17.1 Å². The smallest absolute Gasteiger partial charge is 0.0541 e. The summed E-state index contributed by atoms with van der Waals surface area (Å²) in [4.78, 5) is 2.43. The van der Waals surface area contributed by atoms with Gasteiger partial charge in [-0.2, -0.15) is 0 Å². The Balaban J connectivity index is 0.956. The van der Waals surface area contributed by atoms with Gasteiger partial charge in [-0.05, 0) is 92.3 Å². The third-order valence-electron chi connectivity index (χ3n) is 13.2. The number of benzene rings is 11.